The van der Waals surface area contributed by atoms with Crippen molar-refractivity contribution in [3.05, 3.63) is 59.5 Å². The number of halogens is 1. The van der Waals surface area contributed by atoms with E-state index in [9.17, 15) is 9.59 Å². The molecule has 180 valence electrons. The van der Waals surface area contributed by atoms with E-state index in [0.29, 0.717) is 37.6 Å². The van der Waals surface area contributed by atoms with E-state index >= 15 is 0 Å². The Kier molecular flexibility index (Phi) is 11.2. The summed E-state index contributed by atoms with van der Waals surface area (Å²) in [5, 5.41) is 6.18. The quantitative estimate of drug-likeness (QED) is 0.219. The van der Waals surface area contributed by atoms with Crippen LogP contribution >= 0.6 is 24.0 Å². The van der Waals surface area contributed by atoms with E-state index in [-0.39, 0.29) is 41.8 Å². The number of guanidine groups is 1. The van der Waals surface area contributed by atoms with Gasteiger partial charge in [-0.1, -0.05) is 12.1 Å². The number of nitrogens with one attached hydrogen (secondary N) is 2. The second-order valence-corrected chi connectivity index (χ2v) is 7.67. The van der Waals surface area contributed by atoms with Crippen LogP contribution in [-0.4, -0.2) is 49.0 Å². The zero-order valence-electron chi connectivity index (χ0n) is 19.2. The van der Waals surface area contributed by atoms with Crippen molar-refractivity contribution < 1.29 is 18.7 Å². The van der Waals surface area contributed by atoms with Gasteiger partial charge >= 0.3 is 5.97 Å². The fourth-order valence-corrected chi connectivity index (χ4v) is 3.71. The van der Waals surface area contributed by atoms with Crippen LogP contribution in [0.2, 0.25) is 0 Å². The number of ether oxygens (including phenoxy) is 1. The minimum absolute atomic E-state index is 0. The molecule has 2 heterocycles. The van der Waals surface area contributed by atoms with E-state index in [1.54, 1.807) is 18.4 Å². The lowest BCUT2D eigenvalue weighted by Gasteiger charge is -2.34. The van der Waals surface area contributed by atoms with Crippen LogP contribution in [0.1, 0.15) is 48.4 Å². The van der Waals surface area contributed by atoms with E-state index in [1.807, 2.05) is 38.1 Å². The molecule has 1 saturated heterocycles. The molecule has 33 heavy (non-hydrogen) atoms. The van der Waals surface area contributed by atoms with Crippen LogP contribution in [0.4, 0.5) is 0 Å². The number of piperidine rings is 1. The molecule has 1 fully saturated rings. The van der Waals surface area contributed by atoms with Gasteiger partial charge in [-0.05, 0) is 56.5 Å². The molecular formula is C24H33IN4O4. The third-order valence-electron chi connectivity index (χ3n) is 5.28. The summed E-state index contributed by atoms with van der Waals surface area (Å²) >= 11 is 0. The van der Waals surface area contributed by atoms with Crippen molar-refractivity contribution >= 4 is 41.8 Å². The van der Waals surface area contributed by atoms with Gasteiger partial charge in [0.15, 0.2) is 5.96 Å². The molecule has 1 unspecified atom stereocenters. The fraction of sp³-hybridized carbons (Fsp3) is 0.458. The number of aliphatic imine (C=N–C) groups is 1. The van der Waals surface area contributed by atoms with Crippen molar-refractivity contribution in [2.75, 3.05) is 26.2 Å². The first-order valence-electron chi connectivity index (χ1n) is 11.2. The van der Waals surface area contributed by atoms with Gasteiger partial charge < -0.3 is 24.7 Å². The molecule has 1 aliphatic rings. The lowest BCUT2D eigenvalue weighted by Crippen LogP contribution is -2.48. The first-order valence-corrected chi connectivity index (χ1v) is 11.2. The summed E-state index contributed by atoms with van der Waals surface area (Å²) < 4.78 is 10.5. The van der Waals surface area contributed by atoms with Gasteiger partial charge in [0, 0.05) is 25.2 Å². The average Bonchev–Trinajstić information content (AvgIpc) is 3.34. The molecule has 1 aromatic carbocycles. The van der Waals surface area contributed by atoms with E-state index < -0.39 is 0 Å². The van der Waals surface area contributed by atoms with E-state index in [2.05, 4.69) is 15.5 Å². The van der Waals surface area contributed by atoms with E-state index in [4.69, 9.17) is 14.1 Å². The van der Waals surface area contributed by atoms with Crippen molar-refractivity contribution in [1.82, 2.24) is 15.5 Å². The van der Waals surface area contributed by atoms with Crippen LogP contribution in [0, 0.1) is 5.92 Å². The normalized spacial score (nSPS) is 16.0. The van der Waals surface area contributed by atoms with Crippen LogP contribution in [0.3, 0.4) is 0 Å². The Morgan fingerprint density at radius 3 is 2.79 bits per heavy atom. The molecule has 2 aromatic rings. The summed E-state index contributed by atoms with van der Waals surface area (Å²) in [6.07, 6.45) is 3.34. The van der Waals surface area contributed by atoms with Gasteiger partial charge in [0.1, 0.15) is 5.76 Å². The first-order chi connectivity index (χ1) is 15.6. The Balaban J connectivity index is 0.00000385. The monoisotopic (exact) mass is 568 g/mol. The molecule has 0 radical (unpaired) electrons. The number of furan rings is 1. The number of hydrogen-bond donors (Lipinski definition) is 2. The zero-order valence-corrected chi connectivity index (χ0v) is 21.5. The van der Waals surface area contributed by atoms with Crippen molar-refractivity contribution in [2.24, 2.45) is 10.9 Å². The maximum absolute atomic E-state index is 12.5. The topological polar surface area (TPSA) is 96.2 Å². The molecule has 0 aliphatic carbocycles. The van der Waals surface area contributed by atoms with Crippen molar-refractivity contribution in [2.45, 2.75) is 39.8 Å². The van der Waals surface area contributed by atoms with Crippen LogP contribution in [0.5, 0.6) is 0 Å². The highest BCUT2D eigenvalue weighted by Crippen LogP contribution is 2.18. The molecule has 1 aromatic heterocycles. The Hall–Kier alpha value is -2.56. The largest absolute Gasteiger partial charge is 0.467 e. The highest BCUT2D eigenvalue weighted by molar-refractivity contribution is 14.0. The summed E-state index contributed by atoms with van der Waals surface area (Å²) in [6.45, 7) is 7.19. The Morgan fingerprint density at radius 2 is 2.06 bits per heavy atom. The molecule has 3 rings (SSSR count). The van der Waals surface area contributed by atoms with E-state index in [0.717, 1.165) is 37.5 Å². The van der Waals surface area contributed by atoms with Crippen LogP contribution in [0.25, 0.3) is 0 Å². The number of carbonyl (C=O) groups excluding carboxylic acids is 2. The maximum atomic E-state index is 12.5. The minimum Gasteiger partial charge on any atom is -0.467 e. The second-order valence-electron chi connectivity index (χ2n) is 7.67. The van der Waals surface area contributed by atoms with Crippen LogP contribution in [-0.2, 0) is 22.6 Å². The van der Waals surface area contributed by atoms with Gasteiger partial charge in [-0.15, -0.1) is 24.0 Å². The highest BCUT2D eigenvalue weighted by Gasteiger charge is 2.28. The number of amides is 1. The minimum atomic E-state index is -0.160. The molecular weight excluding hydrogens is 535 g/mol. The lowest BCUT2D eigenvalue weighted by atomic mass is 9.98. The molecule has 2 N–H and O–H groups in total. The van der Waals surface area contributed by atoms with Crippen molar-refractivity contribution in [1.29, 1.82) is 0 Å². The van der Waals surface area contributed by atoms with Gasteiger partial charge in [-0.2, -0.15) is 0 Å². The predicted molar refractivity (Wildman–Crippen MR) is 137 cm³/mol. The standard InChI is InChI=1S/C24H32N4O4.HI/c1-3-25-24(28-12-6-10-20(17-28)23(30)31-4-2)27-15-18-8-5-9-19(14-18)22(29)26-16-21-11-7-13-32-21;/h5,7-9,11,13-14,20H,3-4,6,10,12,15-17H2,1-2H3,(H,25,27)(H,26,29);1H. The summed E-state index contributed by atoms with van der Waals surface area (Å²) in [5.74, 6) is 1.05. The number of hydrogen-bond acceptors (Lipinski definition) is 5. The number of nitrogens with zero attached hydrogens (tertiary/aromatic N) is 2. The highest BCUT2D eigenvalue weighted by atomic mass is 127. The third kappa shape index (κ3) is 8.06. The molecule has 1 amide bonds. The van der Waals surface area contributed by atoms with Crippen LogP contribution < -0.4 is 10.6 Å². The maximum Gasteiger partial charge on any atom is 0.310 e. The van der Waals surface area contributed by atoms with Crippen LogP contribution in [0.15, 0.2) is 52.1 Å². The fourth-order valence-electron chi connectivity index (χ4n) is 3.71. The average molecular weight is 568 g/mol. The molecule has 0 spiro atoms. The number of likely N-dealkylation sites (tertiary alicyclic amines) is 1. The van der Waals surface area contributed by atoms with Gasteiger partial charge in [0.2, 0.25) is 0 Å². The summed E-state index contributed by atoms with van der Waals surface area (Å²) in [7, 11) is 0. The van der Waals surface area contributed by atoms with Gasteiger partial charge in [-0.3, -0.25) is 9.59 Å². The Labute approximate surface area is 212 Å². The number of esters is 1. The van der Waals surface area contributed by atoms with Gasteiger partial charge in [-0.25, -0.2) is 4.99 Å². The van der Waals surface area contributed by atoms with E-state index in [1.165, 1.54) is 0 Å². The molecule has 0 saturated carbocycles. The molecule has 1 aliphatic heterocycles. The summed E-state index contributed by atoms with van der Waals surface area (Å²) in [6, 6.07) is 11.1. The van der Waals surface area contributed by atoms with Gasteiger partial charge in [0.05, 0.1) is 31.9 Å². The smallest absolute Gasteiger partial charge is 0.310 e. The lowest BCUT2D eigenvalue weighted by molar-refractivity contribution is -0.149. The second kappa shape index (κ2) is 13.9. The molecule has 8 nitrogen and oxygen atoms in total. The SMILES string of the molecule is CCNC(=NCc1cccc(C(=O)NCc2ccco2)c1)N1CCCC(C(=O)OCC)C1.I. The predicted octanol–water partition coefficient (Wildman–Crippen LogP) is 3.57. The molecule has 1 atom stereocenters. The van der Waals surface area contributed by atoms with Gasteiger partial charge in [0.25, 0.3) is 5.91 Å². The number of benzene rings is 1. The Morgan fingerprint density at radius 1 is 1.21 bits per heavy atom. The number of rotatable bonds is 8. The zero-order chi connectivity index (χ0) is 22.8. The molecule has 9 heteroatoms. The van der Waals surface area contributed by atoms with Crippen molar-refractivity contribution in [3.8, 4) is 0 Å². The number of carbonyl (C=O) groups is 2. The van der Waals surface area contributed by atoms with Crippen molar-refractivity contribution in [3.63, 3.8) is 0 Å². The summed E-state index contributed by atoms with van der Waals surface area (Å²) in [4.78, 5) is 31.5. The molecule has 0 bridgehead atoms. The third-order valence-corrected chi connectivity index (χ3v) is 5.28. The summed E-state index contributed by atoms with van der Waals surface area (Å²) in [5.41, 5.74) is 1.51. The first kappa shape index (κ1) is 26.7. The Bertz CT molecular complexity index is 917.